The van der Waals surface area contributed by atoms with Crippen LogP contribution in [0.4, 0.5) is 17.6 Å². The minimum atomic E-state index is -4.10. The van der Waals surface area contributed by atoms with E-state index in [1.165, 1.54) is 7.05 Å². The molecular weight excluding hydrogens is 306 g/mol. The van der Waals surface area contributed by atoms with Crippen LogP contribution < -0.4 is 0 Å². The van der Waals surface area contributed by atoms with Gasteiger partial charge in [-0.25, -0.2) is 17.3 Å². The van der Waals surface area contributed by atoms with Crippen LogP contribution >= 0.6 is 0 Å². The minimum Gasteiger partial charge on any atom is -0.242 e. The largest absolute Gasteiger partial charge is 0.320 e. The summed E-state index contributed by atoms with van der Waals surface area (Å²) in [5, 5.41) is 0. The fourth-order valence-corrected chi connectivity index (χ4v) is 7.09. The van der Waals surface area contributed by atoms with Gasteiger partial charge in [0.15, 0.2) is 0 Å². The minimum absolute atomic E-state index is 0.443. The molecule has 4 aliphatic rings. The molecule has 1 atom stereocenters. The van der Waals surface area contributed by atoms with E-state index in [4.69, 9.17) is 0 Å². The zero-order chi connectivity index (χ0) is 15.4. The number of rotatable bonds is 5. The van der Waals surface area contributed by atoms with Crippen molar-refractivity contribution < 1.29 is 21.8 Å². The Kier molecular flexibility index (Phi) is 3.88. The lowest BCUT2D eigenvalue weighted by molar-refractivity contribution is -0.132. The SMILES string of the molecule is CN(CC(F)(F)C(F)F)S(=O)C12CC3CC(CC(C3)C1)C2. The third-order valence-electron chi connectivity index (χ3n) is 5.39. The molecule has 7 heteroatoms. The van der Waals surface area contributed by atoms with Crippen LogP contribution in [0.3, 0.4) is 0 Å². The summed E-state index contributed by atoms with van der Waals surface area (Å²) in [6.07, 6.45) is 2.17. The van der Waals surface area contributed by atoms with Gasteiger partial charge in [0.2, 0.25) is 0 Å². The van der Waals surface area contributed by atoms with Gasteiger partial charge in [0, 0.05) is 7.05 Å². The summed E-state index contributed by atoms with van der Waals surface area (Å²) in [7, 11) is -0.330. The molecule has 0 amide bonds. The highest BCUT2D eigenvalue weighted by Gasteiger charge is 2.55. The van der Waals surface area contributed by atoms with Crippen LogP contribution in [-0.4, -0.2) is 39.2 Å². The van der Waals surface area contributed by atoms with E-state index in [9.17, 15) is 21.8 Å². The Hall–Kier alpha value is -0.170. The van der Waals surface area contributed by atoms with Gasteiger partial charge >= 0.3 is 12.3 Å². The van der Waals surface area contributed by atoms with Crippen LogP contribution in [0.15, 0.2) is 0 Å². The van der Waals surface area contributed by atoms with Gasteiger partial charge in [-0.3, -0.25) is 0 Å². The number of hydrogen-bond donors (Lipinski definition) is 0. The molecule has 0 spiro atoms. The average molecular weight is 327 g/mol. The zero-order valence-electron chi connectivity index (χ0n) is 12.0. The molecular formula is C14H21F4NOS. The van der Waals surface area contributed by atoms with Gasteiger partial charge in [-0.05, 0) is 56.3 Å². The molecule has 0 saturated heterocycles. The number of alkyl halides is 4. The van der Waals surface area contributed by atoms with E-state index in [1.807, 2.05) is 0 Å². The molecule has 4 aliphatic carbocycles. The van der Waals surface area contributed by atoms with E-state index < -0.39 is 34.6 Å². The maximum atomic E-state index is 13.2. The van der Waals surface area contributed by atoms with Crippen LogP contribution in [0.5, 0.6) is 0 Å². The zero-order valence-corrected chi connectivity index (χ0v) is 12.9. The highest BCUT2D eigenvalue weighted by molar-refractivity contribution is 7.84. The Morgan fingerprint density at radius 2 is 1.57 bits per heavy atom. The summed E-state index contributed by atoms with van der Waals surface area (Å²) in [5.74, 6) is -2.47. The third-order valence-corrected chi connectivity index (χ3v) is 7.32. The molecule has 0 aromatic heterocycles. The molecule has 1 unspecified atom stereocenters. The van der Waals surface area contributed by atoms with Crippen molar-refractivity contribution >= 4 is 11.0 Å². The number of nitrogens with zero attached hydrogens (tertiary/aromatic N) is 1. The lowest BCUT2D eigenvalue weighted by Crippen LogP contribution is -2.56. The van der Waals surface area contributed by atoms with Crippen molar-refractivity contribution in [2.45, 2.75) is 55.6 Å². The van der Waals surface area contributed by atoms with Crippen molar-refractivity contribution in [3.05, 3.63) is 0 Å². The van der Waals surface area contributed by atoms with Gasteiger partial charge in [-0.1, -0.05) is 0 Å². The van der Waals surface area contributed by atoms with Crippen molar-refractivity contribution in [3.63, 3.8) is 0 Å². The second-order valence-corrected chi connectivity index (χ2v) is 9.19. The third kappa shape index (κ3) is 2.76. The Balaban J connectivity index is 1.73. The topological polar surface area (TPSA) is 20.3 Å². The first-order chi connectivity index (χ1) is 9.72. The summed E-state index contributed by atoms with van der Waals surface area (Å²) in [6, 6.07) is 0. The molecule has 4 rings (SSSR count). The average Bonchev–Trinajstić information content (AvgIpc) is 2.35. The van der Waals surface area contributed by atoms with Crippen molar-refractivity contribution in [2.75, 3.05) is 13.6 Å². The summed E-state index contributed by atoms with van der Waals surface area (Å²) in [6.45, 7) is -1.14. The Morgan fingerprint density at radius 3 is 1.95 bits per heavy atom. The number of hydrogen-bond acceptors (Lipinski definition) is 1. The molecule has 4 bridgehead atoms. The van der Waals surface area contributed by atoms with E-state index in [0.29, 0.717) is 17.8 Å². The van der Waals surface area contributed by atoms with E-state index >= 15 is 0 Å². The van der Waals surface area contributed by atoms with E-state index in [2.05, 4.69) is 0 Å². The molecule has 122 valence electrons. The quantitative estimate of drug-likeness (QED) is 0.708. The van der Waals surface area contributed by atoms with Gasteiger partial charge in [-0.15, -0.1) is 0 Å². The van der Waals surface area contributed by atoms with E-state index in [0.717, 1.165) is 42.8 Å². The first kappa shape index (κ1) is 15.7. The van der Waals surface area contributed by atoms with E-state index in [-0.39, 0.29) is 0 Å². The maximum Gasteiger partial charge on any atom is 0.320 e. The van der Waals surface area contributed by atoms with E-state index in [1.54, 1.807) is 0 Å². The molecule has 0 aromatic carbocycles. The highest BCUT2D eigenvalue weighted by Crippen LogP contribution is 2.58. The van der Waals surface area contributed by atoms with Gasteiger partial charge in [0.25, 0.3) is 0 Å². The molecule has 4 saturated carbocycles. The van der Waals surface area contributed by atoms with Crippen LogP contribution in [0.2, 0.25) is 0 Å². The summed E-state index contributed by atoms with van der Waals surface area (Å²) in [4.78, 5) is 0. The highest BCUT2D eigenvalue weighted by atomic mass is 32.2. The Morgan fingerprint density at radius 1 is 1.14 bits per heavy atom. The maximum absolute atomic E-state index is 13.2. The van der Waals surface area contributed by atoms with Gasteiger partial charge in [0.05, 0.1) is 11.3 Å². The lowest BCUT2D eigenvalue weighted by Gasteiger charge is -2.56. The standard InChI is InChI=1S/C14H21F4NOS/c1-19(8-14(17,18)12(15)16)21(20)13-5-9-2-10(6-13)4-11(3-9)7-13/h9-12H,2-8H2,1H3. The second kappa shape index (κ2) is 5.18. The molecule has 21 heavy (non-hydrogen) atoms. The summed E-state index contributed by atoms with van der Waals surface area (Å²) in [5.41, 5.74) is 0. The van der Waals surface area contributed by atoms with Gasteiger partial charge in [0.1, 0.15) is 11.0 Å². The predicted molar refractivity (Wildman–Crippen MR) is 72.6 cm³/mol. The molecule has 0 N–H and O–H groups in total. The van der Waals surface area contributed by atoms with Crippen LogP contribution in [0, 0.1) is 17.8 Å². The Bertz CT molecular complexity index is 407. The first-order valence-corrected chi connectivity index (χ1v) is 8.62. The fourth-order valence-electron chi connectivity index (χ4n) is 5.00. The Labute approximate surface area is 124 Å². The smallest absolute Gasteiger partial charge is 0.242 e. The molecule has 0 radical (unpaired) electrons. The van der Waals surface area contributed by atoms with Crippen LogP contribution in [0.25, 0.3) is 0 Å². The van der Waals surface area contributed by atoms with Crippen LogP contribution in [-0.2, 0) is 11.0 Å². The summed E-state index contributed by atoms with van der Waals surface area (Å²) < 4.78 is 64.3. The molecule has 0 aliphatic heterocycles. The second-order valence-electron chi connectivity index (χ2n) is 7.20. The van der Waals surface area contributed by atoms with Crippen molar-refractivity contribution in [3.8, 4) is 0 Å². The van der Waals surface area contributed by atoms with Gasteiger partial charge in [-0.2, -0.15) is 8.78 Å². The van der Waals surface area contributed by atoms with Gasteiger partial charge < -0.3 is 0 Å². The molecule has 0 heterocycles. The molecule has 0 aromatic rings. The van der Waals surface area contributed by atoms with Crippen molar-refractivity contribution in [1.29, 1.82) is 0 Å². The molecule has 4 fully saturated rings. The van der Waals surface area contributed by atoms with Crippen molar-refractivity contribution in [1.82, 2.24) is 4.31 Å². The predicted octanol–water partition coefficient (Wildman–Crippen LogP) is 3.45. The molecule has 2 nitrogen and oxygen atoms in total. The van der Waals surface area contributed by atoms with Crippen LogP contribution in [0.1, 0.15) is 38.5 Å². The monoisotopic (exact) mass is 327 g/mol. The lowest BCUT2D eigenvalue weighted by atomic mass is 9.56. The normalized spacial score (nSPS) is 40.2. The number of halogens is 4. The first-order valence-electron chi connectivity index (χ1n) is 7.51. The summed E-state index contributed by atoms with van der Waals surface area (Å²) >= 11 is 0. The van der Waals surface area contributed by atoms with Crippen molar-refractivity contribution in [2.24, 2.45) is 17.8 Å². The fraction of sp³-hybridized carbons (Fsp3) is 1.00.